The van der Waals surface area contributed by atoms with Gasteiger partial charge in [0.15, 0.2) is 0 Å². The predicted octanol–water partition coefficient (Wildman–Crippen LogP) is 6.26. The van der Waals surface area contributed by atoms with Crippen LogP contribution in [0.3, 0.4) is 0 Å². The van der Waals surface area contributed by atoms with E-state index in [9.17, 15) is 5.11 Å². The minimum absolute atomic E-state index is 0.598. The summed E-state index contributed by atoms with van der Waals surface area (Å²) in [4.78, 5) is 5.23. The first-order valence-corrected chi connectivity index (χ1v) is 14.5. The van der Waals surface area contributed by atoms with Crippen LogP contribution in [0, 0.1) is 0 Å². The lowest BCUT2D eigenvalue weighted by atomic mass is 9.89. The topological polar surface area (TPSA) is 48.0 Å². The molecule has 0 saturated carbocycles. The number of ether oxygens (including phenoxy) is 1. The number of likely N-dealkylation sites (tertiary alicyclic amines) is 1. The highest BCUT2D eigenvalue weighted by Gasteiger charge is 2.27. The fraction of sp³-hybridized carbons (Fsp3) is 0.394. The number of dihydropyridines is 1. The lowest BCUT2D eigenvalue weighted by Crippen LogP contribution is -2.38. The Bertz CT molecular complexity index is 1290. The van der Waals surface area contributed by atoms with Crippen LogP contribution in [0.1, 0.15) is 50.3 Å². The Morgan fingerprint density at radius 1 is 1.21 bits per heavy atom. The lowest BCUT2D eigenvalue weighted by Gasteiger charge is -2.28. The van der Waals surface area contributed by atoms with Gasteiger partial charge in [-0.05, 0) is 93.2 Å². The number of likely N-dealkylation sites (N-methyl/N-ethyl adjacent to an activating group) is 1. The molecule has 1 fully saturated rings. The van der Waals surface area contributed by atoms with E-state index in [0.717, 1.165) is 84.3 Å². The number of benzene rings is 2. The highest BCUT2D eigenvalue weighted by molar-refractivity contribution is 6.30. The van der Waals surface area contributed by atoms with E-state index in [1.807, 2.05) is 50.4 Å². The Morgan fingerprint density at radius 3 is 2.79 bits per heavy atom. The van der Waals surface area contributed by atoms with E-state index in [-0.39, 0.29) is 0 Å². The second kappa shape index (κ2) is 12.1. The number of hydrogen-bond acceptors (Lipinski definition) is 5. The van der Waals surface area contributed by atoms with Gasteiger partial charge in [0, 0.05) is 48.0 Å². The molecule has 1 atom stereocenters. The lowest BCUT2D eigenvalue weighted by molar-refractivity contribution is 0.0785. The van der Waals surface area contributed by atoms with Crippen molar-refractivity contribution in [3.8, 4) is 5.75 Å². The third kappa shape index (κ3) is 6.67. The van der Waals surface area contributed by atoms with Crippen molar-refractivity contribution in [2.75, 3.05) is 32.7 Å². The molecule has 39 heavy (non-hydrogen) atoms. The first-order chi connectivity index (χ1) is 18.8. The highest BCUT2D eigenvalue weighted by Crippen LogP contribution is 2.40. The number of aliphatic hydroxyl groups is 1. The Hall–Kier alpha value is -2.83. The fourth-order valence-electron chi connectivity index (χ4n) is 5.72. The third-order valence-corrected chi connectivity index (χ3v) is 8.28. The van der Waals surface area contributed by atoms with Crippen molar-refractivity contribution in [2.45, 2.75) is 51.7 Å². The van der Waals surface area contributed by atoms with Gasteiger partial charge in [0.2, 0.25) is 0 Å². The maximum Gasteiger partial charge on any atom is 0.134 e. The molecule has 5 rings (SSSR count). The number of fused-ring (bicyclic) bond motifs is 2. The van der Waals surface area contributed by atoms with Crippen LogP contribution in [-0.4, -0.2) is 53.7 Å². The number of halogens is 1. The average Bonchev–Trinajstić information content (AvgIpc) is 3.33. The maximum atomic E-state index is 10.7. The van der Waals surface area contributed by atoms with Crippen molar-refractivity contribution >= 4 is 17.2 Å². The fourth-order valence-corrected chi connectivity index (χ4v) is 5.85. The Morgan fingerprint density at radius 2 is 2.03 bits per heavy atom. The molecule has 0 amide bonds. The molecule has 2 aromatic rings. The number of hydrogen-bond donors (Lipinski definition) is 2. The summed E-state index contributed by atoms with van der Waals surface area (Å²) in [7, 11) is 0. The van der Waals surface area contributed by atoms with E-state index >= 15 is 0 Å². The van der Waals surface area contributed by atoms with Crippen molar-refractivity contribution in [2.24, 2.45) is 0 Å². The van der Waals surface area contributed by atoms with Gasteiger partial charge in [-0.1, -0.05) is 48.9 Å². The normalized spacial score (nSPS) is 20.2. The van der Waals surface area contributed by atoms with Crippen LogP contribution in [0.5, 0.6) is 5.75 Å². The summed E-state index contributed by atoms with van der Waals surface area (Å²) in [5.74, 6) is 0.805. The smallest absolute Gasteiger partial charge is 0.134 e. The van der Waals surface area contributed by atoms with Gasteiger partial charge >= 0.3 is 0 Å². The van der Waals surface area contributed by atoms with E-state index in [0.29, 0.717) is 6.04 Å². The van der Waals surface area contributed by atoms with E-state index in [1.165, 1.54) is 12.0 Å². The molecule has 6 heteroatoms. The SMILES string of the molecule is CCN(CCc1ccc(Cl)cc1)C1CCN(CCC=C2C3=CC=CNC3=COc3ccc(C(C)(C)O)cc32)C1. The molecule has 2 N–H and O–H groups in total. The molecule has 206 valence electrons. The molecular weight excluding hydrogens is 506 g/mol. The maximum absolute atomic E-state index is 10.7. The summed E-state index contributed by atoms with van der Waals surface area (Å²) in [6, 6.07) is 14.8. The van der Waals surface area contributed by atoms with Crippen LogP contribution < -0.4 is 10.1 Å². The zero-order valence-corrected chi connectivity index (χ0v) is 24.0. The van der Waals surface area contributed by atoms with Crippen molar-refractivity contribution in [1.29, 1.82) is 0 Å². The number of nitrogens with one attached hydrogen (secondary N) is 1. The molecule has 1 saturated heterocycles. The van der Waals surface area contributed by atoms with Gasteiger partial charge in [-0.2, -0.15) is 0 Å². The number of rotatable bonds is 9. The van der Waals surface area contributed by atoms with E-state index in [2.05, 4.69) is 52.4 Å². The van der Waals surface area contributed by atoms with Gasteiger partial charge in [-0.15, -0.1) is 0 Å². The molecule has 3 heterocycles. The van der Waals surface area contributed by atoms with Gasteiger partial charge in [0.25, 0.3) is 0 Å². The molecule has 3 aliphatic rings. The summed E-state index contributed by atoms with van der Waals surface area (Å²) in [5.41, 5.74) is 5.52. The van der Waals surface area contributed by atoms with Gasteiger partial charge in [-0.3, -0.25) is 4.90 Å². The summed E-state index contributed by atoms with van der Waals surface area (Å²) < 4.78 is 6.06. The molecule has 0 aliphatic carbocycles. The summed E-state index contributed by atoms with van der Waals surface area (Å²) in [6.07, 6.45) is 13.4. The second-order valence-electron chi connectivity index (χ2n) is 11.2. The van der Waals surface area contributed by atoms with Crippen LogP contribution in [0.2, 0.25) is 5.02 Å². The molecule has 0 bridgehead atoms. The highest BCUT2D eigenvalue weighted by atomic mass is 35.5. The quantitative estimate of drug-likeness (QED) is 0.389. The van der Waals surface area contributed by atoms with Gasteiger partial charge < -0.3 is 20.1 Å². The van der Waals surface area contributed by atoms with Gasteiger partial charge in [-0.25, -0.2) is 0 Å². The van der Waals surface area contributed by atoms with E-state index < -0.39 is 5.60 Å². The second-order valence-corrected chi connectivity index (χ2v) is 11.6. The zero-order valence-electron chi connectivity index (χ0n) is 23.3. The monoisotopic (exact) mass is 545 g/mol. The van der Waals surface area contributed by atoms with Gasteiger partial charge in [0.1, 0.15) is 12.0 Å². The van der Waals surface area contributed by atoms with Crippen LogP contribution in [-0.2, 0) is 12.0 Å². The number of nitrogens with zero attached hydrogens (tertiary/aromatic N) is 2. The minimum atomic E-state index is -0.926. The first-order valence-electron chi connectivity index (χ1n) is 14.1. The van der Waals surface area contributed by atoms with Crippen molar-refractivity contribution in [3.05, 3.63) is 106 Å². The average molecular weight is 546 g/mol. The molecule has 0 aromatic heterocycles. The molecule has 5 nitrogen and oxygen atoms in total. The standard InChI is InChI=1S/C33H40ClN3O2/c1-4-37(20-15-24-9-12-26(34)13-10-24)27-16-19-36(22-27)18-6-8-28-29-7-5-17-35-31(29)23-39-32-14-11-25(21-30(28)32)33(2,3)38/h5,7-14,17,21,23,27,35,38H,4,6,15-16,18-20,22H2,1-3H3. The van der Waals surface area contributed by atoms with E-state index in [4.69, 9.17) is 16.3 Å². The largest absolute Gasteiger partial charge is 0.462 e. The van der Waals surface area contributed by atoms with Gasteiger partial charge in [0.05, 0.1) is 11.3 Å². The molecule has 0 spiro atoms. The molecule has 3 aliphatic heterocycles. The first kappa shape index (κ1) is 27.7. The van der Waals surface area contributed by atoms with Crippen molar-refractivity contribution in [3.63, 3.8) is 0 Å². The van der Waals surface area contributed by atoms with E-state index in [1.54, 1.807) is 6.26 Å². The number of allylic oxidation sites excluding steroid dienone is 3. The predicted molar refractivity (Wildman–Crippen MR) is 161 cm³/mol. The van der Waals surface area contributed by atoms with Crippen LogP contribution in [0.15, 0.2) is 84.4 Å². The Labute approximate surface area is 238 Å². The third-order valence-electron chi connectivity index (χ3n) is 8.02. The summed E-state index contributed by atoms with van der Waals surface area (Å²) in [6.45, 7) is 11.3. The van der Waals surface area contributed by atoms with Crippen molar-refractivity contribution < 1.29 is 9.84 Å². The Kier molecular flexibility index (Phi) is 8.63. The summed E-state index contributed by atoms with van der Waals surface area (Å²) in [5, 5.41) is 14.8. The molecular formula is C33H40ClN3O2. The summed E-state index contributed by atoms with van der Waals surface area (Å²) >= 11 is 6.06. The Balaban J connectivity index is 1.26. The molecule has 1 unspecified atom stereocenters. The van der Waals surface area contributed by atoms with Crippen LogP contribution in [0.4, 0.5) is 0 Å². The zero-order chi connectivity index (χ0) is 27.4. The molecule has 0 radical (unpaired) electrons. The minimum Gasteiger partial charge on any atom is -0.462 e. The molecule has 2 aromatic carbocycles. The van der Waals surface area contributed by atoms with Crippen LogP contribution >= 0.6 is 11.6 Å². The van der Waals surface area contributed by atoms with Crippen molar-refractivity contribution in [1.82, 2.24) is 15.1 Å². The van der Waals surface area contributed by atoms with Crippen LogP contribution in [0.25, 0.3) is 5.57 Å².